The highest BCUT2D eigenvalue weighted by molar-refractivity contribution is 5.54. The van der Waals surface area contributed by atoms with Gasteiger partial charge in [-0.2, -0.15) is 0 Å². The lowest BCUT2D eigenvalue weighted by atomic mass is 10.1. The van der Waals surface area contributed by atoms with Crippen molar-refractivity contribution in [3.05, 3.63) is 29.8 Å². The molecule has 1 rings (SSSR count). The van der Waals surface area contributed by atoms with Crippen molar-refractivity contribution in [3.8, 4) is 0 Å². The van der Waals surface area contributed by atoms with E-state index in [0.29, 0.717) is 0 Å². The van der Waals surface area contributed by atoms with Crippen molar-refractivity contribution in [2.75, 3.05) is 38.6 Å². The van der Waals surface area contributed by atoms with Gasteiger partial charge < -0.3 is 15.5 Å². The second-order valence-electron chi connectivity index (χ2n) is 5.14. The van der Waals surface area contributed by atoms with E-state index >= 15 is 0 Å². The fourth-order valence-electron chi connectivity index (χ4n) is 2.10. The van der Waals surface area contributed by atoms with Crippen LogP contribution in [0.15, 0.2) is 24.3 Å². The molecule has 1 aromatic carbocycles. The highest BCUT2D eigenvalue weighted by Crippen LogP contribution is 2.25. The molecule has 0 bridgehead atoms. The molecular weight excluding hydrogens is 222 g/mol. The van der Waals surface area contributed by atoms with E-state index in [-0.39, 0.29) is 6.04 Å². The van der Waals surface area contributed by atoms with Crippen LogP contribution in [0.1, 0.15) is 31.9 Å². The summed E-state index contributed by atoms with van der Waals surface area (Å²) in [5, 5.41) is 0. The molecule has 3 heteroatoms. The first-order valence-electron chi connectivity index (χ1n) is 6.80. The van der Waals surface area contributed by atoms with Gasteiger partial charge in [0.1, 0.15) is 0 Å². The predicted octanol–water partition coefficient (Wildman–Crippen LogP) is 2.48. The van der Waals surface area contributed by atoms with E-state index in [1.54, 1.807) is 0 Å². The maximum absolute atomic E-state index is 6.07. The summed E-state index contributed by atoms with van der Waals surface area (Å²) in [4.78, 5) is 4.66. The van der Waals surface area contributed by atoms with E-state index < -0.39 is 0 Å². The molecule has 2 N–H and O–H groups in total. The summed E-state index contributed by atoms with van der Waals surface area (Å²) in [6.45, 7) is 7.46. The number of likely N-dealkylation sites (N-methyl/N-ethyl adjacent to an activating group) is 1. The van der Waals surface area contributed by atoms with Gasteiger partial charge in [0, 0.05) is 31.4 Å². The highest BCUT2D eigenvalue weighted by Gasteiger charge is 2.12. The van der Waals surface area contributed by atoms with Gasteiger partial charge in [-0.1, -0.05) is 25.1 Å². The molecule has 0 aliphatic carbocycles. The molecule has 0 radical (unpaired) electrons. The first-order valence-corrected chi connectivity index (χ1v) is 6.80. The second-order valence-corrected chi connectivity index (χ2v) is 5.14. The minimum atomic E-state index is 0.0833. The van der Waals surface area contributed by atoms with Gasteiger partial charge in [0.15, 0.2) is 0 Å². The van der Waals surface area contributed by atoms with E-state index in [4.69, 9.17) is 5.73 Å². The first kappa shape index (κ1) is 15.0. The van der Waals surface area contributed by atoms with Gasteiger partial charge in [-0.3, -0.25) is 0 Å². The van der Waals surface area contributed by atoms with Crippen LogP contribution >= 0.6 is 0 Å². The summed E-state index contributed by atoms with van der Waals surface area (Å²) in [7, 11) is 4.23. The second kappa shape index (κ2) is 7.39. The van der Waals surface area contributed by atoms with Gasteiger partial charge in [0.2, 0.25) is 0 Å². The number of hydrogen-bond acceptors (Lipinski definition) is 3. The van der Waals surface area contributed by atoms with Gasteiger partial charge in [-0.15, -0.1) is 0 Å². The average molecular weight is 249 g/mol. The number of rotatable bonds is 7. The molecule has 0 amide bonds. The molecule has 3 nitrogen and oxygen atoms in total. The summed E-state index contributed by atoms with van der Waals surface area (Å²) in [6.07, 6.45) is 1.15. The first-order chi connectivity index (χ1) is 8.56. The quantitative estimate of drug-likeness (QED) is 0.806. The Kier molecular flexibility index (Phi) is 6.16. The summed E-state index contributed by atoms with van der Waals surface area (Å²) >= 11 is 0. The molecule has 0 aliphatic heterocycles. The van der Waals surface area contributed by atoms with E-state index in [2.05, 4.69) is 62.0 Å². The lowest BCUT2D eigenvalue weighted by Crippen LogP contribution is -2.33. The zero-order valence-electron chi connectivity index (χ0n) is 12.2. The third kappa shape index (κ3) is 4.31. The lowest BCUT2D eigenvalue weighted by molar-refractivity contribution is 0.412. The van der Waals surface area contributed by atoms with Crippen molar-refractivity contribution in [3.63, 3.8) is 0 Å². The summed E-state index contributed by atoms with van der Waals surface area (Å²) in [6, 6.07) is 8.57. The minimum Gasteiger partial charge on any atom is -0.370 e. The normalized spacial score (nSPS) is 12.8. The maximum Gasteiger partial charge on any atom is 0.0414 e. The molecule has 0 saturated carbocycles. The molecular formula is C15H27N3. The molecule has 0 fully saturated rings. The highest BCUT2D eigenvalue weighted by atomic mass is 15.2. The average Bonchev–Trinajstić information content (AvgIpc) is 2.34. The van der Waals surface area contributed by atoms with Crippen LogP contribution in [0.2, 0.25) is 0 Å². The van der Waals surface area contributed by atoms with Crippen LogP contribution in [0, 0.1) is 0 Å². The van der Waals surface area contributed by atoms with E-state index in [0.717, 1.165) is 26.1 Å². The summed E-state index contributed by atoms with van der Waals surface area (Å²) in [5.74, 6) is 0. The molecule has 0 spiro atoms. The minimum absolute atomic E-state index is 0.0833. The van der Waals surface area contributed by atoms with Crippen LogP contribution in [0.25, 0.3) is 0 Å². The van der Waals surface area contributed by atoms with Crippen LogP contribution in [-0.2, 0) is 0 Å². The number of anilines is 1. The third-order valence-corrected chi connectivity index (χ3v) is 3.08. The summed E-state index contributed by atoms with van der Waals surface area (Å²) in [5.41, 5.74) is 8.60. The van der Waals surface area contributed by atoms with Crippen LogP contribution < -0.4 is 10.6 Å². The van der Waals surface area contributed by atoms with Crippen molar-refractivity contribution in [1.82, 2.24) is 4.90 Å². The van der Waals surface area contributed by atoms with Gasteiger partial charge in [0.05, 0.1) is 0 Å². The fourth-order valence-corrected chi connectivity index (χ4v) is 2.10. The van der Waals surface area contributed by atoms with Crippen molar-refractivity contribution >= 4 is 5.69 Å². The molecule has 0 heterocycles. The van der Waals surface area contributed by atoms with Crippen LogP contribution in [0.3, 0.4) is 0 Å². The molecule has 18 heavy (non-hydrogen) atoms. The van der Waals surface area contributed by atoms with Gasteiger partial charge in [-0.25, -0.2) is 0 Å². The SMILES string of the molecule is CCCN(CCN(C)C)c1ccccc1[C@@H](C)N. The molecule has 0 aliphatic rings. The molecule has 0 aromatic heterocycles. The zero-order valence-corrected chi connectivity index (χ0v) is 12.2. The van der Waals surface area contributed by atoms with Crippen molar-refractivity contribution in [1.29, 1.82) is 0 Å². The number of nitrogens with zero attached hydrogens (tertiary/aromatic N) is 2. The number of nitrogens with two attached hydrogens (primary N) is 1. The van der Waals surface area contributed by atoms with Gasteiger partial charge in [0.25, 0.3) is 0 Å². The van der Waals surface area contributed by atoms with E-state index in [1.165, 1.54) is 11.3 Å². The fraction of sp³-hybridized carbons (Fsp3) is 0.600. The Morgan fingerprint density at radius 2 is 1.78 bits per heavy atom. The van der Waals surface area contributed by atoms with Gasteiger partial charge in [-0.05, 0) is 39.1 Å². The molecule has 0 unspecified atom stereocenters. The molecule has 1 atom stereocenters. The Balaban J connectivity index is 2.90. The van der Waals surface area contributed by atoms with Crippen molar-refractivity contribution in [2.24, 2.45) is 5.73 Å². The molecule has 0 saturated heterocycles. The van der Waals surface area contributed by atoms with Crippen LogP contribution in [0.5, 0.6) is 0 Å². The third-order valence-electron chi connectivity index (χ3n) is 3.08. The Morgan fingerprint density at radius 3 is 2.33 bits per heavy atom. The maximum atomic E-state index is 6.07. The Morgan fingerprint density at radius 1 is 1.11 bits per heavy atom. The monoisotopic (exact) mass is 249 g/mol. The largest absolute Gasteiger partial charge is 0.370 e. The molecule has 1 aromatic rings. The van der Waals surface area contributed by atoms with E-state index in [9.17, 15) is 0 Å². The molecule has 102 valence electrons. The van der Waals surface area contributed by atoms with Crippen molar-refractivity contribution < 1.29 is 0 Å². The van der Waals surface area contributed by atoms with Crippen LogP contribution in [0.4, 0.5) is 5.69 Å². The summed E-state index contributed by atoms with van der Waals surface area (Å²) < 4.78 is 0. The standard InChI is InChI=1S/C15H27N3/c1-5-10-18(12-11-17(3)4)15-9-7-6-8-14(15)13(2)16/h6-9,13H,5,10-12,16H2,1-4H3/t13-/m1/s1. The Bertz CT molecular complexity index is 347. The van der Waals surface area contributed by atoms with Crippen LogP contribution in [-0.4, -0.2) is 38.6 Å². The van der Waals surface area contributed by atoms with E-state index in [1.807, 2.05) is 0 Å². The van der Waals surface area contributed by atoms with Gasteiger partial charge >= 0.3 is 0 Å². The number of benzene rings is 1. The smallest absolute Gasteiger partial charge is 0.0414 e. The van der Waals surface area contributed by atoms with Crippen molar-refractivity contribution in [2.45, 2.75) is 26.3 Å². The predicted molar refractivity (Wildman–Crippen MR) is 80.1 cm³/mol. The Hall–Kier alpha value is -1.06. The zero-order chi connectivity index (χ0) is 13.5. The number of para-hydroxylation sites is 1. The Labute approximate surface area is 112 Å². The topological polar surface area (TPSA) is 32.5 Å². The lowest BCUT2D eigenvalue weighted by Gasteiger charge is -2.29. The number of hydrogen-bond donors (Lipinski definition) is 1.